The summed E-state index contributed by atoms with van der Waals surface area (Å²) in [5, 5.41) is 8.17. The standard InChI is InChI=1S/C16H19N5O3/c1-10-12(9-24-18-10)15(22)21-7-11-13(8-21)19(2)17-14(11)16(23)20-5-3-4-6-20/h9H,3-8H2,1-2H3. The van der Waals surface area contributed by atoms with E-state index in [0.29, 0.717) is 30.0 Å². The summed E-state index contributed by atoms with van der Waals surface area (Å²) in [5.41, 5.74) is 3.29. The number of fused-ring (bicyclic) bond motifs is 1. The number of aryl methyl sites for hydroxylation is 2. The van der Waals surface area contributed by atoms with Crippen molar-refractivity contribution in [1.82, 2.24) is 24.7 Å². The first-order chi connectivity index (χ1) is 11.6. The Morgan fingerprint density at radius 1 is 1.12 bits per heavy atom. The normalized spacial score (nSPS) is 16.8. The van der Waals surface area contributed by atoms with Crippen molar-refractivity contribution in [3.05, 3.63) is 34.5 Å². The van der Waals surface area contributed by atoms with Crippen molar-refractivity contribution in [2.45, 2.75) is 32.9 Å². The van der Waals surface area contributed by atoms with Crippen molar-refractivity contribution >= 4 is 11.8 Å². The molecule has 8 heteroatoms. The summed E-state index contributed by atoms with van der Waals surface area (Å²) in [7, 11) is 1.82. The number of carbonyl (C=O) groups is 2. The highest BCUT2D eigenvalue weighted by Gasteiger charge is 2.35. The van der Waals surface area contributed by atoms with Gasteiger partial charge in [-0.2, -0.15) is 5.10 Å². The van der Waals surface area contributed by atoms with E-state index in [4.69, 9.17) is 4.52 Å². The summed E-state index contributed by atoms with van der Waals surface area (Å²) in [5.74, 6) is -0.163. The van der Waals surface area contributed by atoms with Crippen LogP contribution in [-0.4, -0.2) is 49.6 Å². The summed E-state index contributed by atoms with van der Waals surface area (Å²) in [6.45, 7) is 4.14. The minimum Gasteiger partial charge on any atom is -0.364 e. The zero-order chi connectivity index (χ0) is 16.8. The summed E-state index contributed by atoms with van der Waals surface area (Å²) in [6.07, 6.45) is 3.45. The summed E-state index contributed by atoms with van der Waals surface area (Å²) in [4.78, 5) is 28.9. The lowest BCUT2D eigenvalue weighted by Crippen LogP contribution is -2.30. The van der Waals surface area contributed by atoms with Crippen LogP contribution in [-0.2, 0) is 20.1 Å². The smallest absolute Gasteiger partial charge is 0.274 e. The van der Waals surface area contributed by atoms with Gasteiger partial charge < -0.3 is 14.3 Å². The molecule has 0 radical (unpaired) electrons. The van der Waals surface area contributed by atoms with Gasteiger partial charge in [-0.3, -0.25) is 14.3 Å². The molecule has 1 saturated heterocycles. The van der Waals surface area contributed by atoms with Crippen molar-refractivity contribution in [2.75, 3.05) is 13.1 Å². The van der Waals surface area contributed by atoms with E-state index in [1.807, 2.05) is 11.9 Å². The van der Waals surface area contributed by atoms with Gasteiger partial charge in [-0.15, -0.1) is 0 Å². The molecule has 2 aromatic rings. The molecule has 1 fully saturated rings. The molecule has 2 aliphatic heterocycles. The van der Waals surface area contributed by atoms with Crippen LogP contribution < -0.4 is 0 Å². The van der Waals surface area contributed by atoms with E-state index in [0.717, 1.165) is 37.2 Å². The molecule has 4 heterocycles. The third-order valence-corrected chi connectivity index (χ3v) is 4.83. The van der Waals surface area contributed by atoms with E-state index in [1.54, 1.807) is 16.5 Å². The fourth-order valence-corrected chi connectivity index (χ4v) is 3.45. The number of amides is 2. The Morgan fingerprint density at radius 3 is 2.54 bits per heavy atom. The van der Waals surface area contributed by atoms with Crippen LogP contribution in [0.5, 0.6) is 0 Å². The number of nitrogens with zero attached hydrogens (tertiary/aromatic N) is 5. The maximum Gasteiger partial charge on any atom is 0.274 e. The Kier molecular flexibility index (Phi) is 3.40. The molecule has 24 heavy (non-hydrogen) atoms. The number of rotatable bonds is 2. The Labute approximate surface area is 139 Å². The Balaban J connectivity index is 1.60. The lowest BCUT2D eigenvalue weighted by molar-refractivity contribution is 0.0735. The molecular formula is C16H19N5O3. The third kappa shape index (κ3) is 2.21. The van der Waals surface area contributed by atoms with Crippen LogP contribution in [0, 0.1) is 6.92 Å². The van der Waals surface area contributed by atoms with Gasteiger partial charge in [-0.05, 0) is 19.8 Å². The largest absolute Gasteiger partial charge is 0.364 e. The van der Waals surface area contributed by atoms with Crippen LogP contribution >= 0.6 is 0 Å². The van der Waals surface area contributed by atoms with Gasteiger partial charge in [0.1, 0.15) is 11.8 Å². The number of hydrogen-bond acceptors (Lipinski definition) is 5. The maximum absolute atomic E-state index is 12.7. The monoisotopic (exact) mass is 329 g/mol. The van der Waals surface area contributed by atoms with Crippen LogP contribution in [0.1, 0.15) is 50.6 Å². The van der Waals surface area contributed by atoms with Crippen LogP contribution in [0.25, 0.3) is 0 Å². The zero-order valence-electron chi connectivity index (χ0n) is 13.8. The molecule has 0 spiro atoms. The summed E-state index contributed by atoms with van der Waals surface area (Å²) < 4.78 is 6.58. The second-order valence-corrected chi connectivity index (χ2v) is 6.37. The van der Waals surface area contributed by atoms with Gasteiger partial charge in [0.15, 0.2) is 5.69 Å². The minimum absolute atomic E-state index is 0.0280. The molecule has 2 amide bonds. The third-order valence-electron chi connectivity index (χ3n) is 4.83. The van der Waals surface area contributed by atoms with Gasteiger partial charge in [0.05, 0.1) is 24.5 Å². The molecule has 126 valence electrons. The van der Waals surface area contributed by atoms with E-state index < -0.39 is 0 Å². The van der Waals surface area contributed by atoms with Crippen molar-refractivity contribution in [3.8, 4) is 0 Å². The average Bonchev–Trinajstić information content (AvgIpc) is 3.32. The molecule has 0 atom stereocenters. The predicted octanol–water partition coefficient (Wildman–Crippen LogP) is 1.11. The maximum atomic E-state index is 12.7. The number of carbonyl (C=O) groups excluding carboxylic acids is 2. The van der Waals surface area contributed by atoms with Crippen LogP contribution in [0.3, 0.4) is 0 Å². The summed E-state index contributed by atoms with van der Waals surface area (Å²) in [6, 6.07) is 0. The number of hydrogen-bond donors (Lipinski definition) is 0. The number of likely N-dealkylation sites (tertiary alicyclic amines) is 1. The second kappa shape index (κ2) is 5.47. The molecule has 0 bridgehead atoms. The highest BCUT2D eigenvalue weighted by atomic mass is 16.5. The number of aromatic nitrogens is 3. The van der Waals surface area contributed by atoms with E-state index in [1.165, 1.54) is 6.26 Å². The second-order valence-electron chi connectivity index (χ2n) is 6.37. The first kappa shape index (κ1) is 14.9. The minimum atomic E-state index is -0.135. The molecule has 2 aliphatic rings. The van der Waals surface area contributed by atoms with Gasteiger partial charge in [-0.1, -0.05) is 5.16 Å². The van der Waals surface area contributed by atoms with Crippen molar-refractivity contribution < 1.29 is 14.1 Å². The topological polar surface area (TPSA) is 84.5 Å². The SMILES string of the molecule is Cc1nocc1C(=O)N1Cc2c(C(=O)N3CCCC3)nn(C)c2C1. The molecular weight excluding hydrogens is 310 g/mol. The highest BCUT2D eigenvalue weighted by Crippen LogP contribution is 2.28. The Morgan fingerprint density at radius 2 is 1.88 bits per heavy atom. The summed E-state index contributed by atoms with van der Waals surface area (Å²) >= 11 is 0. The lowest BCUT2D eigenvalue weighted by Gasteiger charge is -2.17. The van der Waals surface area contributed by atoms with Gasteiger partial charge in [0.2, 0.25) is 0 Å². The van der Waals surface area contributed by atoms with Gasteiger partial charge in [0, 0.05) is 25.7 Å². The first-order valence-corrected chi connectivity index (χ1v) is 8.10. The van der Waals surface area contributed by atoms with Crippen molar-refractivity contribution in [1.29, 1.82) is 0 Å². The Bertz CT molecular complexity index is 816. The molecule has 0 saturated carbocycles. The predicted molar refractivity (Wildman–Crippen MR) is 83.2 cm³/mol. The van der Waals surface area contributed by atoms with Crippen molar-refractivity contribution in [3.63, 3.8) is 0 Å². The van der Waals surface area contributed by atoms with E-state index in [9.17, 15) is 9.59 Å². The molecule has 0 N–H and O–H groups in total. The van der Waals surface area contributed by atoms with Crippen molar-refractivity contribution in [2.24, 2.45) is 7.05 Å². The first-order valence-electron chi connectivity index (χ1n) is 8.10. The van der Waals surface area contributed by atoms with Gasteiger partial charge in [-0.25, -0.2) is 0 Å². The van der Waals surface area contributed by atoms with E-state index >= 15 is 0 Å². The van der Waals surface area contributed by atoms with Gasteiger partial charge >= 0.3 is 0 Å². The quantitative estimate of drug-likeness (QED) is 0.824. The van der Waals surface area contributed by atoms with Crippen LogP contribution in [0.2, 0.25) is 0 Å². The van der Waals surface area contributed by atoms with E-state index in [2.05, 4.69) is 10.3 Å². The average molecular weight is 329 g/mol. The van der Waals surface area contributed by atoms with E-state index in [-0.39, 0.29) is 11.8 Å². The van der Waals surface area contributed by atoms with Gasteiger partial charge in [0.25, 0.3) is 11.8 Å². The molecule has 8 nitrogen and oxygen atoms in total. The molecule has 0 aliphatic carbocycles. The molecule has 4 rings (SSSR count). The Hall–Kier alpha value is -2.64. The molecule has 0 aromatic carbocycles. The molecule has 0 unspecified atom stereocenters. The molecule has 2 aromatic heterocycles. The zero-order valence-corrected chi connectivity index (χ0v) is 13.8. The lowest BCUT2D eigenvalue weighted by atomic mass is 10.2. The van der Waals surface area contributed by atoms with Crippen LogP contribution in [0.4, 0.5) is 0 Å². The highest BCUT2D eigenvalue weighted by molar-refractivity contribution is 5.97. The fraction of sp³-hybridized carbons (Fsp3) is 0.500. The van der Waals surface area contributed by atoms with Crippen LogP contribution in [0.15, 0.2) is 10.8 Å². The fourth-order valence-electron chi connectivity index (χ4n) is 3.45.